The zero-order chi connectivity index (χ0) is 14.8. The van der Waals surface area contributed by atoms with E-state index in [1.807, 2.05) is 5.38 Å². The molecule has 0 aliphatic carbocycles. The Labute approximate surface area is 121 Å². The lowest BCUT2D eigenvalue weighted by Crippen LogP contribution is -2.26. The summed E-state index contributed by atoms with van der Waals surface area (Å²) in [6.07, 6.45) is 1.59. The molecular weight excluding hydrogens is 274 g/mol. The number of thiazole rings is 1. The summed E-state index contributed by atoms with van der Waals surface area (Å²) in [6, 6.07) is 4.79. The number of nitrogens with one attached hydrogen (secondary N) is 1. The highest BCUT2D eigenvalue weighted by Crippen LogP contribution is 2.26. The molecule has 0 unspecified atom stereocenters. The van der Waals surface area contributed by atoms with Crippen molar-refractivity contribution in [3.8, 4) is 0 Å². The number of carbonyl (C=O) groups excluding carboxylic acids is 1. The van der Waals surface area contributed by atoms with Gasteiger partial charge in [0.25, 0.3) is 5.56 Å². The average Bonchev–Trinajstić information content (AvgIpc) is 2.80. The van der Waals surface area contributed by atoms with Crippen LogP contribution in [0.2, 0.25) is 0 Å². The van der Waals surface area contributed by atoms with E-state index in [-0.39, 0.29) is 23.4 Å². The highest BCUT2D eigenvalue weighted by Gasteiger charge is 2.18. The first kappa shape index (κ1) is 14.5. The lowest BCUT2D eigenvalue weighted by molar-refractivity contribution is -0.116. The predicted molar refractivity (Wildman–Crippen MR) is 80.1 cm³/mol. The normalized spacial score (nSPS) is 11.3. The molecule has 0 bridgehead atoms. The van der Waals surface area contributed by atoms with Crippen LogP contribution in [0.4, 0.5) is 5.13 Å². The van der Waals surface area contributed by atoms with Crippen molar-refractivity contribution in [1.82, 2.24) is 9.55 Å². The minimum atomic E-state index is -0.256. The first-order valence-electron chi connectivity index (χ1n) is 6.27. The van der Waals surface area contributed by atoms with E-state index in [0.29, 0.717) is 5.13 Å². The van der Waals surface area contributed by atoms with Crippen molar-refractivity contribution in [2.45, 2.75) is 32.7 Å². The molecule has 1 amide bonds. The molecule has 0 spiro atoms. The van der Waals surface area contributed by atoms with Crippen LogP contribution in [-0.2, 0) is 16.8 Å². The van der Waals surface area contributed by atoms with Crippen molar-refractivity contribution in [2.75, 3.05) is 5.32 Å². The molecule has 0 atom stereocenters. The maximum atomic E-state index is 11.9. The zero-order valence-electron chi connectivity index (χ0n) is 11.7. The minimum Gasteiger partial charge on any atom is -0.306 e. The Hall–Kier alpha value is -1.95. The monoisotopic (exact) mass is 291 g/mol. The lowest BCUT2D eigenvalue weighted by Gasteiger charge is -2.14. The second-order valence-corrected chi connectivity index (χ2v) is 6.36. The summed E-state index contributed by atoms with van der Waals surface area (Å²) in [5.41, 5.74) is 0.697. The second-order valence-electron chi connectivity index (χ2n) is 5.50. The van der Waals surface area contributed by atoms with Gasteiger partial charge in [-0.3, -0.25) is 9.59 Å². The van der Waals surface area contributed by atoms with Crippen molar-refractivity contribution in [3.05, 3.63) is 45.8 Å². The fraction of sp³-hybridized carbons (Fsp3) is 0.357. The van der Waals surface area contributed by atoms with E-state index in [4.69, 9.17) is 0 Å². The molecule has 106 valence electrons. The van der Waals surface area contributed by atoms with Crippen LogP contribution in [0, 0.1) is 0 Å². The first-order valence-corrected chi connectivity index (χ1v) is 7.15. The van der Waals surface area contributed by atoms with Crippen molar-refractivity contribution >= 4 is 22.4 Å². The quantitative estimate of drug-likeness (QED) is 0.943. The summed E-state index contributed by atoms with van der Waals surface area (Å²) in [5, 5.41) is 5.21. The molecule has 6 heteroatoms. The van der Waals surface area contributed by atoms with Gasteiger partial charge in [0.2, 0.25) is 5.91 Å². The summed E-state index contributed by atoms with van der Waals surface area (Å²) in [4.78, 5) is 27.8. The Morgan fingerprint density at radius 3 is 2.75 bits per heavy atom. The van der Waals surface area contributed by atoms with Gasteiger partial charge in [-0.1, -0.05) is 26.8 Å². The molecule has 2 aromatic rings. The van der Waals surface area contributed by atoms with Crippen molar-refractivity contribution < 1.29 is 4.79 Å². The number of pyridine rings is 1. The van der Waals surface area contributed by atoms with Crippen molar-refractivity contribution in [2.24, 2.45) is 0 Å². The molecule has 0 fully saturated rings. The minimum absolute atomic E-state index is 0.00982. The van der Waals surface area contributed by atoms with Gasteiger partial charge in [0.1, 0.15) is 6.54 Å². The van der Waals surface area contributed by atoms with Crippen LogP contribution in [0.1, 0.15) is 26.5 Å². The Bertz CT molecular complexity index is 667. The van der Waals surface area contributed by atoms with E-state index in [0.717, 1.165) is 5.69 Å². The smallest absolute Gasteiger partial charge is 0.250 e. The summed E-state index contributed by atoms with van der Waals surface area (Å²) in [6.45, 7) is 6.19. The van der Waals surface area contributed by atoms with Crippen LogP contribution >= 0.6 is 11.3 Å². The number of aromatic nitrogens is 2. The molecule has 0 saturated carbocycles. The van der Waals surface area contributed by atoms with E-state index in [1.165, 1.54) is 22.0 Å². The number of nitrogens with zero attached hydrogens (tertiary/aromatic N) is 2. The molecular formula is C14H17N3O2S. The van der Waals surface area contributed by atoms with Gasteiger partial charge in [0, 0.05) is 23.1 Å². The number of amides is 1. The summed E-state index contributed by atoms with van der Waals surface area (Å²) in [7, 11) is 0. The second kappa shape index (κ2) is 5.58. The van der Waals surface area contributed by atoms with Crippen LogP contribution in [-0.4, -0.2) is 15.5 Å². The number of anilines is 1. The third-order valence-corrected chi connectivity index (χ3v) is 3.49. The fourth-order valence-corrected chi connectivity index (χ4v) is 2.53. The highest BCUT2D eigenvalue weighted by atomic mass is 32.1. The summed E-state index contributed by atoms with van der Waals surface area (Å²) >= 11 is 1.39. The van der Waals surface area contributed by atoms with Crippen molar-refractivity contribution in [3.63, 3.8) is 0 Å². The van der Waals surface area contributed by atoms with Gasteiger partial charge >= 0.3 is 0 Å². The van der Waals surface area contributed by atoms with Crippen LogP contribution < -0.4 is 10.9 Å². The van der Waals surface area contributed by atoms with Gasteiger partial charge in [0.05, 0.1) is 5.69 Å². The van der Waals surface area contributed by atoms with Crippen molar-refractivity contribution in [1.29, 1.82) is 0 Å². The largest absolute Gasteiger partial charge is 0.306 e. The third kappa shape index (κ3) is 3.54. The molecule has 20 heavy (non-hydrogen) atoms. The van der Waals surface area contributed by atoms with E-state index in [9.17, 15) is 9.59 Å². The summed E-state index contributed by atoms with van der Waals surface area (Å²) in [5.74, 6) is -0.256. The van der Waals surface area contributed by atoms with E-state index >= 15 is 0 Å². The Balaban J connectivity index is 2.04. The SMILES string of the molecule is CC(C)(C)c1csc(NC(=O)Cn2ccccc2=O)n1. The molecule has 2 rings (SSSR count). The molecule has 1 N–H and O–H groups in total. The Kier molecular flexibility index (Phi) is 4.04. The molecule has 2 heterocycles. The Morgan fingerprint density at radius 2 is 2.15 bits per heavy atom. The third-order valence-electron chi connectivity index (χ3n) is 2.73. The van der Waals surface area contributed by atoms with E-state index in [1.54, 1.807) is 18.3 Å². The fourth-order valence-electron chi connectivity index (χ4n) is 1.58. The zero-order valence-corrected chi connectivity index (χ0v) is 12.5. The average molecular weight is 291 g/mol. The van der Waals surface area contributed by atoms with Crippen LogP contribution in [0.3, 0.4) is 0 Å². The van der Waals surface area contributed by atoms with Crippen LogP contribution in [0.15, 0.2) is 34.6 Å². The molecule has 5 nitrogen and oxygen atoms in total. The Morgan fingerprint density at radius 1 is 1.40 bits per heavy atom. The highest BCUT2D eigenvalue weighted by molar-refractivity contribution is 7.13. The molecule has 2 aromatic heterocycles. The van der Waals surface area contributed by atoms with Crippen LogP contribution in [0.5, 0.6) is 0 Å². The van der Waals surface area contributed by atoms with Gasteiger partial charge in [-0.15, -0.1) is 11.3 Å². The molecule has 0 aliphatic rings. The predicted octanol–water partition coefficient (Wildman–Crippen LogP) is 2.24. The standard InChI is InChI=1S/C14H17N3O2S/c1-14(2,3)10-9-20-13(15-10)16-11(18)8-17-7-5-4-6-12(17)19/h4-7,9H,8H2,1-3H3,(H,15,16,18). The van der Waals surface area contributed by atoms with E-state index < -0.39 is 0 Å². The number of carbonyl (C=O) groups is 1. The molecule has 0 aromatic carbocycles. The van der Waals surface area contributed by atoms with Gasteiger partial charge in [-0.2, -0.15) is 0 Å². The van der Waals surface area contributed by atoms with Gasteiger partial charge in [-0.25, -0.2) is 4.98 Å². The molecule has 0 radical (unpaired) electrons. The number of hydrogen-bond donors (Lipinski definition) is 1. The van der Waals surface area contributed by atoms with Gasteiger partial charge in [-0.05, 0) is 6.07 Å². The van der Waals surface area contributed by atoms with Gasteiger partial charge in [0.15, 0.2) is 5.13 Å². The van der Waals surface area contributed by atoms with Crippen LogP contribution in [0.25, 0.3) is 0 Å². The number of hydrogen-bond acceptors (Lipinski definition) is 4. The topological polar surface area (TPSA) is 64.0 Å². The molecule has 0 aliphatic heterocycles. The lowest BCUT2D eigenvalue weighted by atomic mass is 9.93. The maximum Gasteiger partial charge on any atom is 0.250 e. The maximum absolute atomic E-state index is 11.9. The number of rotatable bonds is 3. The van der Waals surface area contributed by atoms with E-state index in [2.05, 4.69) is 31.1 Å². The van der Waals surface area contributed by atoms with Gasteiger partial charge < -0.3 is 9.88 Å². The first-order chi connectivity index (χ1) is 9.36. The molecule has 0 saturated heterocycles. The summed E-state index contributed by atoms with van der Waals surface area (Å²) < 4.78 is 1.35.